The molecule has 0 atom stereocenters. The van der Waals surface area contributed by atoms with E-state index in [-0.39, 0.29) is 30.1 Å². The largest absolute Gasteiger partial charge is 0.326 e. The van der Waals surface area contributed by atoms with Gasteiger partial charge < -0.3 is 10.6 Å². The van der Waals surface area contributed by atoms with Crippen molar-refractivity contribution in [3.63, 3.8) is 0 Å². The van der Waals surface area contributed by atoms with Crippen LogP contribution in [0.2, 0.25) is 0 Å². The second-order valence-electron chi connectivity index (χ2n) is 6.70. The van der Waals surface area contributed by atoms with Gasteiger partial charge in [-0.15, -0.1) is 0 Å². The fourth-order valence-electron chi connectivity index (χ4n) is 2.70. The molecule has 0 spiro atoms. The lowest BCUT2D eigenvalue weighted by molar-refractivity contribution is -0.116. The third-order valence-electron chi connectivity index (χ3n) is 4.47. The van der Waals surface area contributed by atoms with Gasteiger partial charge in [0.05, 0.1) is 6.54 Å². The summed E-state index contributed by atoms with van der Waals surface area (Å²) in [6.07, 6.45) is 0.0591. The van der Waals surface area contributed by atoms with Gasteiger partial charge in [0.2, 0.25) is 5.91 Å². The molecular weight excluding hydrogens is 368 g/mol. The number of aromatic nitrogens is 2. The SMILES string of the molecule is Cc1ccc(NC(=O)CCn2nc(C(=O)Nc3ccccc3)ccc2=O)cc1C. The second-order valence-corrected chi connectivity index (χ2v) is 6.70. The van der Waals surface area contributed by atoms with Crippen molar-refractivity contribution in [2.24, 2.45) is 0 Å². The number of para-hydroxylation sites is 1. The van der Waals surface area contributed by atoms with Crippen LogP contribution in [0.1, 0.15) is 28.0 Å². The molecule has 1 aromatic heterocycles. The molecule has 3 rings (SSSR count). The first-order valence-electron chi connectivity index (χ1n) is 9.24. The summed E-state index contributed by atoms with van der Waals surface area (Å²) in [6, 6.07) is 17.3. The van der Waals surface area contributed by atoms with Crippen LogP contribution in [0.4, 0.5) is 11.4 Å². The molecule has 148 valence electrons. The summed E-state index contributed by atoms with van der Waals surface area (Å²) in [4.78, 5) is 36.6. The average molecular weight is 390 g/mol. The molecule has 0 aliphatic rings. The van der Waals surface area contributed by atoms with Crippen LogP contribution in [0.25, 0.3) is 0 Å². The van der Waals surface area contributed by atoms with E-state index in [4.69, 9.17) is 0 Å². The van der Waals surface area contributed by atoms with Crippen molar-refractivity contribution < 1.29 is 9.59 Å². The number of anilines is 2. The molecular formula is C22H22N4O3. The highest BCUT2D eigenvalue weighted by atomic mass is 16.2. The van der Waals surface area contributed by atoms with E-state index in [2.05, 4.69) is 15.7 Å². The molecule has 1 heterocycles. The molecule has 7 heteroatoms. The molecule has 0 aliphatic carbocycles. The summed E-state index contributed by atoms with van der Waals surface area (Å²) in [5.41, 5.74) is 3.28. The quantitative estimate of drug-likeness (QED) is 0.676. The van der Waals surface area contributed by atoms with Crippen LogP contribution in [0.3, 0.4) is 0 Å². The van der Waals surface area contributed by atoms with E-state index < -0.39 is 5.91 Å². The number of hydrogen-bond donors (Lipinski definition) is 2. The summed E-state index contributed by atoms with van der Waals surface area (Å²) >= 11 is 0. The maximum absolute atomic E-state index is 12.3. The lowest BCUT2D eigenvalue weighted by atomic mass is 10.1. The highest BCUT2D eigenvalue weighted by Gasteiger charge is 2.11. The zero-order valence-electron chi connectivity index (χ0n) is 16.3. The second kappa shape index (κ2) is 8.97. The third kappa shape index (κ3) is 5.38. The maximum atomic E-state index is 12.3. The first kappa shape index (κ1) is 20.0. The molecule has 2 N–H and O–H groups in total. The standard InChI is InChI=1S/C22H22N4O3/c1-15-8-9-18(14-16(15)2)23-20(27)12-13-26-21(28)11-10-19(25-26)22(29)24-17-6-4-3-5-7-17/h3-11,14H,12-13H2,1-2H3,(H,23,27)(H,24,29). The van der Waals surface area contributed by atoms with Crippen LogP contribution >= 0.6 is 0 Å². The van der Waals surface area contributed by atoms with E-state index in [1.165, 1.54) is 12.1 Å². The fourth-order valence-corrected chi connectivity index (χ4v) is 2.70. The number of nitrogens with zero attached hydrogens (tertiary/aromatic N) is 2. The Bertz CT molecular complexity index is 1090. The molecule has 0 saturated heterocycles. The summed E-state index contributed by atoms with van der Waals surface area (Å²) in [6.45, 7) is 4.04. The lowest BCUT2D eigenvalue weighted by Crippen LogP contribution is -2.28. The van der Waals surface area contributed by atoms with E-state index in [0.717, 1.165) is 15.8 Å². The van der Waals surface area contributed by atoms with Crippen molar-refractivity contribution in [3.05, 3.63) is 87.8 Å². The van der Waals surface area contributed by atoms with Gasteiger partial charge in [0.25, 0.3) is 11.5 Å². The minimum Gasteiger partial charge on any atom is -0.326 e. The van der Waals surface area contributed by atoms with Gasteiger partial charge in [-0.05, 0) is 55.3 Å². The molecule has 7 nitrogen and oxygen atoms in total. The fraction of sp³-hybridized carbons (Fsp3) is 0.182. The summed E-state index contributed by atoms with van der Waals surface area (Å²) in [5, 5.41) is 9.61. The van der Waals surface area contributed by atoms with Gasteiger partial charge in [0.15, 0.2) is 0 Å². The zero-order valence-corrected chi connectivity index (χ0v) is 16.3. The van der Waals surface area contributed by atoms with Gasteiger partial charge in [-0.1, -0.05) is 24.3 Å². The normalized spacial score (nSPS) is 10.4. The predicted molar refractivity (Wildman–Crippen MR) is 112 cm³/mol. The molecule has 3 aromatic rings. The van der Waals surface area contributed by atoms with Crippen LogP contribution in [0.15, 0.2) is 65.5 Å². The van der Waals surface area contributed by atoms with E-state index in [1.54, 1.807) is 24.3 Å². The highest BCUT2D eigenvalue weighted by molar-refractivity contribution is 6.02. The number of nitrogens with one attached hydrogen (secondary N) is 2. The van der Waals surface area contributed by atoms with Crippen LogP contribution in [0.5, 0.6) is 0 Å². The summed E-state index contributed by atoms with van der Waals surface area (Å²) in [5.74, 6) is -0.661. The predicted octanol–water partition coefficient (Wildman–Crippen LogP) is 3.14. The number of carbonyl (C=O) groups is 2. The van der Waals surface area contributed by atoms with Crippen molar-refractivity contribution in [3.8, 4) is 0 Å². The molecule has 0 aliphatic heterocycles. The average Bonchev–Trinajstić information content (AvgIpc) is 2.71. The molecule has 0 saturated carbocycles. The Morgan fingerprint density at radius 1 is 0.897 bits per heavy atom. The van der Waals surface area contributed by atoms with Gasteiger partial charge in [-0.25, -0.2) is 4.68 Å². The number of carbonyl (C=O) groups excluding carboxylic acids is 2. The highest BCUT2D eigenvalue weighted by Crippen LogP contribution is 2.14. The molecule has 2 aromatic carbocycles. The number of hydrogen-bond acceptors (Lipinski definition) is 4. The van der Waals surface area contributed by atoms with Crippen molar-refractivity contribution in [1.29, 1.82) is 0 Å². The van der Waals surface area contributed by atoms with Gasteiger partial charge in [0, 0.05) is 23.9 Å². The Morgan fingerprint density at radius 2 is 1.66 bits per heavy atom. The van der Waals surface area contributed by atoms with E-state index >= 15 is 0 Å². The third-order valence-corrected chi connectivity index (χ3v) is 4.47. The smallest absolute Gasteiger partial charge is 0.276 e. The monoisotopic (exact) mass is 390 g/mol. The van der Waals surface area contributed by atoms with Crippen LogP contribution in [0, 0.1) is 13.8 Å². The minimum absolute atomic E-state index is 0.0591. The Labute approximate surface area is 168 Å². The number of rotatable bonds is 6. The van der Waals surface area contributed by atoms with E-state index in [1.807, 2.05) is 38.1 Å². The van der Waals surface area contributed by atoms with Gasteiger partial charge in [0.1, 0.15) is 5.69 Å². The Hall–Kier alpha value is -3.74. The van der Waals surface area contributed by atoms with Crippen LogP contribution in [-0.4, -0.2) is 21.6 Å². The van der Waals surface area contributed by atoms with Crippen LogP contribution < -0.4 is 16.2 Å². The topological polar surface area (TPSA) is 93.1 Å². The molecule has 29 heavy (non-hydrogen) atoms. The van der Waals surface area contributed by atoms with Crippen molar-refractivity contribution in [2.45, 2.75) is 26.8 Å². The molecule has 0 fully saturated rings. The van der Waals surface area contributed by atoms with Crippen LogP contribution in [-0.2, 0) is 11.3 Å². The number of aryl methyl sites for hydroxylation is 3. The lowest BCUT2D eigenvalue weighted by Gasteiger charge is -2.09. The molecule has 0 radical (unpaired) electrons. The molecule has 2 amide bonds. The Balaban J connectivity index is 1.63. The minimum atomic E-state index is -0.426. The number of benzene rings is 2. The van der Waals surface area contributed by atoms with Crippen molar-refractivity contribution >= 4 is 23.2 Å². The zero-order chi connectivity index (χ0) is 20.8. The summed E-state index contributed by atoms with van der Waals surface area (Å²) in [7, 11) is 0. The van der Waals surface area contributed by atoms with Gasteiger partial charge in [-0.3, -0.25) is 14.4 Å². The van der Waals surface area contributed by atoms with Crippen molar-refractivity contribution in [2.75, 3.05) is 10.6 Å². The first-order valence-corrected chi connectivity index (χ1v) is 9.24. The Morgan fingerprint density at radius 3 is 2.38 bits per heavy atom. The first-order chi connectivity index (χ1) is 13.9. The Kier molecular flexibility index (Phi) is 6.19. The summed E-state index contributed by atoms with van der Waals surface area (Å²) < 4.78 is 1.12. The maximum Gasteiger partial charge on any atom is 0.276 e. The van der Waals surface area contributed by atoms with E-state index in [0.29, 0.717) is 11.4 Å². The molecule has 0 bridgehead atoms. The van der Waals surface area contributed by atoms with Gasteiger partial charge in [-0.2, -0.15) is 5.10 Å². The number of amides is 2. The van der Waals surface area contributed by atoms with Gasteiger partial charge >= 0.3 is 0 Å². The molecule has 0 unspecified atom stereocenters. The van der Waals surface area contributed by atoms with Crippen molar-refractivity contribution in [1.82, 2.24) is 9.78 Å². The van der Waals surface area contributed by atoms with E-state index in [9.17, 15) is 14.4 Å².